The Morgan fingerprint density at radius 3 is 2.52 bits per heavy atom. The van der Waals surface area contributed by atoms with E-state index in [1.165, 1.54) is 25.1 Å². The van der Waals surface area contributed by atoms with Crippen molar-refractivity contribution < 1.29 is 22.7 Å². The van der Waals surface area contributed by atoms with Gasteiger partial charge < -0.3 is 15.8 Å². The average Bonchev–Trinajstić information content (AvgIpc) is 3.28. The molecule has 0 aliphatic heterocycles. The molecule has 1 aliphatic rings. The summed E-state index contributed by atoms with van der Waals surface area (Å²) in [7, 11) is 0. The fourth-order valence-corrected chi connectivity index (χ4v) is 2.22. The molecule has 23 heavy (non-hydrogen) atoms. The summed E-state index contributed by atoms with van der Waals surface area (Å²) in [5.74, 6) is -0.448. The monoisotopic (exact) mass is 352 g/mol. The fourth-order valence-electron chi connectivity index (χ4n) is 2.22. The van der Waals surface area contributed by atoms with Gasteiger partial charge in [0.25, 0.3) is 5.91 Å². The predicted octanol–water partition coefficient (Wildman–Crippen LogP) is 2.75. The number of alkyl halides is 3. The van der Waals surface area contributed by atoms with E-state index in [1.807, 2.05) is 0 Å². The van der Waals surface area contributed by atoms with Gasteiger partial charge in [-0.25, -0.2) is 0 Å². The number of benzene rings is 1. The summed E-state index contributed by atoms with van der Waals surface area (Å²) in [6.07, 6.45) is -3.54. The first-order valence-electron chi connectivity index (χ1n) is 7.16. The van der Waals surface area contributed by atoms with Crippen LogP contribution in [0.3, 0.4) is 0 Å². The van der Waals surface area contributed by atoms with Gasteiger partial charge in [0.05, 0.1) is 5.56 Å². The summed E-state index contributed by atoms with van der Waals surface area (Å²) in [4.78, 5) is 12.0. The molecule has 0 bridgehead atoms. The highest BCUT2D eigenvalue weighted by atomic mass is 35.5. The third-order valence-electron chi connectivity index (χ3n) is 3.64. The Labute approximate surface area is 139 Å². The van der Waals surface area contributed by atoms with Gasteiger partial charge in [-0.2, -0.15) is 13.2 Å². The molecule has 1 aromatic rings. The van der Waals surface area contributed by atoms with Gasteiger partial charge in [0.1, 0.15) is 5.75 Å². The molecule has 2 atom stereocenters. The number of ether oxygens (including phenoxy) is 1. The van der Waals surface area contributed by atoms with E-state index >= 15 is 0 Å². The van der Waals surface area contributed by atoms with E-state index < -0.39 is 23.8 Å². The molecule has 0 heterocycles. The molecule has 1 fully saturated rings. The lowest BCUT2D eigenvalue weighted by Gasteiger charge is -2.21. The molecule has 0 aromatic heterocycles. The molecule has 0 radical (unpaired) electrons. The van der Waals surface area contributed by atoms with Crippen molar-refractivity contribution in [2.45, 2.75) is 38.1 Å². The first-order chi connectivity index (χ1) is 10.3. The van der Waals surface area contributed by atoms with Crippen LogP contribution in [-0.4, -0.2) is 24.6 Å². The van der Waals surface area contributed by atoms with Gasteiger partial charge in [-0.1, -0.05) is 12.1 Å². The van der Waals surface area contributed by atoms with Gasteiger partial charge in [-0.3, -0.25) is 4.79 Å². The number of hydrogen-bond acceptors (Lipinski definition) is 3. The number of halogens is 4. The maximum atomic E-state index is 12.9. The van der Waals surface area contributed by atoms with Crippen LogP contribution in [0, 0.1) is 5.92 Å². The van der Waals surface area contributed by atoms with Crippen molar-refractivity contribution in [3.05, 3.63) is 29.8 Å². The summed E-state index contributed by atoms with van der Waals surface area (Å²) in [6, 6.07) is 4.69. The lowest BCUT2D eigenvalue weighted by Crippen LogP contribution is -2.47. The van der Waals surface area contributed by atoms with Crippen LogP contribution in [-0.2, 0) is 11.0 Å². The Hall–Kier alpha value is -1.47. The number of nitrogens with one attached hydrogen (secondary N) is 1. The minimum Gasteiger partial charge on any atom is -0.480 e. The Morgan fingerprint density at radius 2 is 2.00 bits per heavy atom. The van der Waals surface area contributed by atoms with Crippen molar-refractivity contribution in [1.82, 2.24) is 5.32 Å². The van der Waals surface area contributed by atoms with Gasteiger partial charge in [-0.05, 0) is 37.8 Å². The number of amides is 1. The molecule has 1 aliphatic carbocycles. The quantitative estimate of drug-likeness (QED) is 0.827. The molecular weight excluding hydrogens is 333 g/mol. The van der Waals surface area contributed by atoms with Crippen LogP contribution in [0.2, 0.25) is 0 Å². The molecule has 1 aromatic carbocycles. The van der Waals surface area contributed by atoms with Crippen LogP contribution in [0.4, 0.5) is 13.2 Å². The molecule has 0 spiro atoms. The van der Waals surface area contributed by atoms with Crippen LogP contribution in [0.15, 0.2) is 24.3 Å². The van der Waals surface area contributed by atoms with E-state index in [9.17, 15) is 18.0 Å². The second-order valence-electron chi connectivity index (χ2n) is 5.44. The maximum Gasteiger partial charge on any atom is 0.419 e. The molecule has 8 heteroatoms. The highest BCUT2D eigenvalue weighted by Gasteiger charge is 2.36. The number of carbonyl (C=O) groups excluding carboxylic acids is 1. The van der Waals surface area contributed by atoms with E-state index in [0.717, 1.165) is 18.9 Å². The minimum atomic E-state index is -4.53. The van der Waals surface area contributed by atoms with Crippen molar-refractivity contribution in [3.63, 3.8) is 0 Å². The zero-order chi connectivity index (χ0) is 16.3. The highest BCUT2D eigenvalue weighted by molar-refractivity contribution is 5.85. The topological polar surface area (TPSA) is 64.3 Å². The van der Waals surface area contributed by atoms with E-state index in [1.54, 1.807) is 0 Å². The van der Waals surface area contributed by atoms with Crippen LogP contribution < -0.4 is 15.8 Å². The van der Waals surface area contributed by atoms with Crippen molar-refractivity contribution in [3.8, 4) is 5.75 Å². The Kier molecular flexibility index (Phi) is 6.70. The predicted molar refractivity (Wildman–Crippen MR) is 82.5 cm³/mol. The molecule has 4 nitrogen and oxygen atoms in total. The molecule has 1 amide bonds. The Bertz CT molecular complexity index is 536. The van der Waals surface area contributed by atoms with Crippen molar-refractivity contribution >= 4 is 18.3 Å². The number of hydrogen-bond donors (Lipinski definition) is 2. The highest BCUT2D eigenvalue weighted by Crippen LogP contribution is 2.36. The van der Waals surface area contributed by atoms with Crippen molar-refractivity contribution in [1.29, 1.82) is 0 Å². The summed E-state index contributed by atoms with van der Waals surface area (Å²) < 4.78 is 43.9. The van der Waals surface area contributed by atoms with Gasteiger partial charge in [0.2, 0.25) is 0 Å². The third-order valence-corrected chi connectivity index (χ3v) is 3.64. The first kappa shape index (κ1) is 19.6. The molecule has 130 valence electrons. The molecular formula is C15H20ClF3N2O2. The van der Waals surface area contributed by atoms with Crippen LogP contribution in [0.25, 0.3) is 0 Å². The number of para-hydroxylation sites is 1. The van der Waals surface area contributed by atoms with Gasteiger partial charge >= 0.3 is 6.18 Å². The summed E-state index contributed by atoms with van der Waals surface area (Å²) in [5.41, 5.74) is 4.70. The molecule has 0 saturated heterocycles. The number of rotatable bonds is 6. The summed E-state index contributed by atoms with van der Waals surface area (Å²) >= 11 is 0. The lowest BCUT2D eigenvalue weighted by molar-refractivity contribution is -0.140. The van der Waals surface area contributed by atoms with E-state index in [4.69, 9.17) is 10.5 Å². The van der Waals surface area contributed by atoms with E-state index in [2.05, 4.69) is 5.32 Å². The minimum absolute atomic E-state index is 0. The van der Waals surface area contributed by atoms with Crippen LogP contribution in [0.1, 0.15) is 25.3 Å². The van der Waals surface area contributed by atoms with Gasteiger partial charge in [0.15, 0.2) is 6.10 Å². The van der Waals surface area contributed by atoms with Crippen molar-refractivity contribution in [2.75, 3.05) is 6.54 Å². The van der Waals surface area contributed by atoms with E-state index in [0.29, 0.717) is 12.5 Å². The normalized spacial score (nSPS) is 16.9. The number of carbonyl (C=O) groups is 1. The van der Waals surface area contributed by atoms with Crippen LogP contribution >= 0.6 is 12.4 Å². The average molecular weight is 353 g/mol. The zero-order valence-electron chi connectivity index (χ0n) is 12.6. The van der Waals surface area contributed by atoms with Gasteiger partial charge in [0, 0.05) is 12.6 Å². The van der Waals surface area contributed by atoms with Gasteiger partial charge in [-0.15, -0.1) is 12.4 Å². The largest absolute Gasteiger partial charge is 0.480 e. The second-order valence-corrected chi connectivity index (χ2v) is 5.44. The zero-order valence-corrected chi connectivity index (χ0v) is 13.4. The third kappa shape index (κ3) is 5.28. The summed E-state index contributed by atoms with van der Waals surface area (Å²) in [6.45, 7) is 1.73. The maximum absolute atomic E-state index is 12.9. The second kappa shape index (κ2) is 7.88. The summed E-state index contributed by atoms with van der Waals surface area (Å²) in [5, 5.41) is 2.74. The molecule has 1 saturated carbocycles. The smallest absolute Gasteiger partial charge is 0.419 e. The molecule has 2 rings (SSSR count). The number of nitrogens with two attached hydrogens (primary N) is 1. The first-order valence-corrected chi connectivity index (χ1v) is 7.16. The van der Waals surface area contributed by atoms with Crippen molar-refractivity contribution in [2.24, 2.45) is 11.7 Å². The molecule has 3 N–H and O–H groups in total. The SMILES string of the molecule is CC(Oc1ccccc1C(F)(F)F)C(=O)NC(CN)C1CC1.Cl. The molecule has 2 unspecified atom stereocenters. The Balaban J connectivity index is 0.00000264. The van der Waals surface area contributed by atoms with Crippen LogP contribution in [0.5, 0.6) is 5.75 Å². The standard InChI is InChI=1S/C15H19F3N2O2.ClH/c1-9(14(21)20-12(8-19)10-6-7-10)22-13-5-3-2-4-11(13)15(16,17)18;/h2-5,9-10,12H,6-8,19H2,1H3,(H,20,21);1H. The van der Waals surface area contributed by atoms with E-state index in [-0.39, 0.29) is 24.2 Å². The Morgan fingerprint density at radius 1 is 1.39 bits per heavy atom. The fraction of sp³-hybridized carbons (Fsp3) is 0.533. The lowest BCUT2D eigenvalue weighted by atomic mass is 10.1.